The van der Waals surface area contributed by atoms with E-state index in [0.717, 1.165) is 12.8 Å². The van der Waals surface area contributed by atoms with E-state index in [4.69, 9.17) is 18.9 Å². The number of benzene rings is 3. The second-order valence-electron chi connectivity index (χ2n) is 8.44. The minimum Gasteiger partial charge on any atom is -0.496 e. The van der Waals surface area contributed by atoms with E-state index < -0.39 is 18.2 Å². The summed E-state index contributed by atoms with van der Waals surface area (Å²) >= 11 is 0. The number of aryl methyl sites for hydroxylation is 1. The Labute approximate surface area is 218 Å². The van der Waals surface area contributed by atoms with E-state index in [-0.39, 0.29) is 40.3 Å². The molecule has 0 amide bonds. The van der Waals surface area contributed by atoms with Gasteiger partial charge in [0.25, 0.3) is 0 Å². The molecule has 3 aromatic rings. The van der Waals surface area contributed by atoms with Crippen LogP contribution in [-0.4, -0.2) is 45.6 Å². The predicted molar refractivity (Wildman–Crippen MR) is 144 cm³/mol. The number of rotatable bonds is 14. The van der Waals surface area contributed by atoms with Crippen LogP contribution < -0.4 is 18.9 Å². The van der Waals surface area contributed by atoms with E-state index in [9.17, 15) is 14.2 Å². The summed E-state index contributed by atoms with van der Waals surface area (Å²) in [5, 5.41) is 0. The van der Waals surface area contributed by atoms with Crippen LogP contribution in [0.1, 0.15) is 45.5 Å². The molecule has 0 aliphatic heterocycles. The number of hydrogen-bond donors (Lipinski definition) is 0. The van der Waals surface area contributed by atoms with E-state index in [1.165, 1.54) is 34.0 Å². The van der Waals surface area contributed by atoms with Crippen LogP contribution in [0.2, 0.25) is 0 Å². The standard InChI is InChI=1S/C29H33O7P/c1-33-22-16-11-17-23(34-2)26(22)28(30)37(32,20-10-6-9-15-21-13-7-5-8-14-21)29(31)27-24(35-3)18-12-19-25(27)36-4/h5,7-8,11-14,16-19H,6,9-10,15,20H2,1-4H3. The topological polar surface area (TPSA) is 88.1 Å². The first-order chi connectivity index (χ1) is 17.9. The molecule has 3 aromatic carbocycles. The summed E-state index contributed by atoms with van der Waals surface area (Å²) in [7, 11) is 1.42. The molecule has 0 bridgehead atoms. The van der Waals surface area contributed by atoms with Crippen molar-refractivity contribution >= 4 is 18.2 Å². The maximum absolute atomic E-state index is 14.6. The zero-order valence-electron chi connectivity index (χ0n) is 21.7. The first-order valence-corrected chi connectivity index (χ1v) is 13.9. The molecule has 0 fully saturated rings. The van der Waals surface area contributed by atoms with Gasteiger partial charge >= 0.3 is 0 Å². The number of hydrogen-bond acceptors (Lipinski definition) is 7. The number of carbonyl (C=O) groups excluding carboxylic acids is 2. The number of unbranched alkanes of at least 4 members (excludes halogenated alkanes) is 2. The Kier molecular flexibility index (Phi) is 9.93. The van der Waals surface area contributed by atoms with Gasteiger partial charge in [-0.1, -0.05) is 48.9 Å². The Morgan fingerprint density at radius 2 is 1.03 bits per heavy atom. The van der Waals surface area contributed by atoms with Gasteiger partial charge in [0.2, 0.25) is 18.2 Å². The number of ether oxygens (including phenoxy) is 4. The Balaban J connectivity index is 1.99. The van der Waals surface area contributed by atoms with Crippen molar-refractivity contribution in [2.45, 2.75) is 25.7 Å². The number of methoxy groups -OCH3 is 4. The van der Waals surface area contributed by atoms with Gasteiger partial charge < -0.3 is 23.5 Å². The Bertz CT molecular complexity index is 1150. The van der Waals surface area contributed by atoms with E-state index in [1.54, 1.807) is 36.4 Å². The minimum atomic E-state index is -4.22. The smallest absolute Gasteiger partial charge is 0.236 e. The molecule has 0 radical (unpaired) electrons. The third kappa shape index (κ3) is 6.23. The molecule has 0 N–H and O–H groups in total. The normalized spacial score (nSPS) is 11.0. The number of carbonyl (C=O) groups is 2. The van der Waals surface area contributed by atoms with Crippen LogP contribution in [-0.2, 0) is 11.0 Å². The summed E-state index contributed by atoms with van der Waals surface area (Å²) in [4.78, 5) is 28.0. The van der Waals surface area contributed by atoms with Crippen molar-refractivity contribution in [2.75, 3.05) is 34.6 Å². The SMILES string of the molecule is COc1cccc(OC)c1C(=O)P(=O)(CCCCCc1ccccc1)C(=O)c1c(OC)cccc1OC. The fourth-order valence-electron chi connectivity index (χ4n) is 4.27. The maximum atomic E-state index is 14.6. The maximum Gasteiger partial charge on any atom is 0.236 e. The van der Waals surface area contributed by atoms with Gasteiger partial charge in [0, 0.05) is 6.16 Å². The minimum absolute atomic E-state index is 0.0117. The molecule has 0 aliphatic carbocycles. The van der Waals surface area contributed by atoms with Gasteiger partial charge in [-0.05, 0) is 49.1 Å². The molecule has 3 rings (SSSR count). The molecule has 7 nitrogen and oxygen atoms in total. The highest BCUT2D eigenvalue weighted by molar-refractivity contribution is 7.95. The molecule has 0 unspecified atom stereocenters. The van der Waals surface area contributed by atoms with Crippen LogP contribution in [0, 0.1) is 0 Å². The Morgan fingerprint density at radius 1 is 0.595 bits per heavy atom. The van der Waals surface area contributed by atoms with E-state index in [1.807, 2.05) is 18.2 Å². The first-order valence-electron chi connectivity index (χ1n) is 12.1. The lowest BCUT2D eigenvalue weighted by atomic mass is 10.1. The summed E-state index contributed by atoms with van der Waals surface area (Å²) < 4.78 is 36.2. The summed E-state index contributed by atoms with van der Waals surface area (Å²) in [6.07, 6.45) is 2.72. The summed E-state index contributed by atoms with van der Waals surface area (Å²) in [6, 6.07) is 19.7. The van der Waals surface area contributed by atoms with E-state index in [2.05, 4.69) is 12.1 Å². The lowest BCUT2D eigenvalue weighted by Crippen LogP contribution is -2.17. The molecular weight excluding hydrogens is 491 g/mol. The summed E-state index contributed by atoms with van der Waals surface area (Å²) in [5.74, 6) is 0.753. The van der Waals surface area contributed by atoms with Crippen LogP contribution in [0.15, 0.2) is 66.7 Å². The lowest BCUT2D eigenvalue weighted by molar-refractivity contribution is 0.103. The van der Waals surface area contributed by atoms with E-state index >= 15 is 0 Å². The molecule has 8 heteroatoms. The average molecular weight is 525 g/mol. The average Bonchev–Trinajstić information content (AvgIpc) is 2.95. The molecule has 0 aliphatic rings. The predicted octanol–water partition coefficient (Wildman–Crippen LogP) is 6.48. The van der Waals surface area contributed by atoms with Gasteiger partial charge in [0.1, 0.15) is 34.1 Å². The molecule has 196 valence electrons. The molecule has 0 saturated carbocycles. The summed E-state index contributed by atoms with van der Waals surface area (Å²) in [6.45, 7) is 0. The van der Waals surface area contributed by atoms with Gasteiger partial charge in [-0.25, -0.2) is 0 Å². The van der Waals surface area contributed by atoms with Crippen molar-refractivity contribution in [1.82, 2.24) is 0 Å². The highest BCUT2D eigenvalue weighted by Gasteiger charge is 2.45. The quantitative estimate of drug-likeness (QED) is 0.176. The zero-order chi connectivity index (χ0) is 26.8. The molecule has 0 spiro atoms. The third-order valence-electron chi connectivity index (χ3n) is 6.22. The van der Waals surface area contributed by atoms with Gasteiger partial charge in [-0.15, -0.1) is 0 Å². The fraction of sp³-hybridized carbons (Fsp3) is 0.310. The largest absolute Gasteiger partial charge is 0.496 e. The second-order valence-corrected chi connectivity index (χ2v) is 11.2. The van der Waals surface area contributed by atoms with Gasteiger partial charge in [-0.2, -0.15) is 0 Å². The van der Waals surface area contributed by atoms with E-state index in [0.29, 0.717) is 12.8 Å². The van der Waals surface area contributed by atoms with Gasteiger partial charge in [0.15, 0.2) is 0 Å². The molecular formula is C29H33O7P. The van der Waals surface area contributed by atoms with Crippen LogP contribution >= 0.6 is 7.14 Å². The van der Waals surface area contributed by atoms with Crippen molar-refractivity contribution in [3.63, 3.8) is 0 Å². The Hall–Kier alpha value is -3.57. The second kappa shape index (κ2) is 13.1. The highest BCUT2D eigenvalue weighted by Crippen LogP contribution is 2.57. The van der Waals surface area contributed by atoms with Gasteiger partial charge in [0.05, 0.1) is 28.4 Å². The first kappa shape index (κ1) is 28.0. The molecule has 0 atom stereocenters. The van der Waals surface area contributed by atoms with Crippen LogP contribution in [0.25, 0.3) is 0 Å². The highest BCUT2D eigenvalue weighted by atomic mass is 31.2. The van der Waals surface area contributed by atoms with Crippen LogP contribution in [0.5, 0.6) is 23.0 Å². The zero-order valence-corrected chi connectivity index (χ0v) is 22.6. The summed E-state index contributed by atoms with van der Waals surface area (Å²) in [5.41, 5.74) is -0.425. The van der Waals surface area contributed by atoms with Crippen molar-refractivity contribution < 1.29 is 33.1 Å². The van der Waals surface area contributed by atoms with Gasteiger partial charge in [-0.3, -0.25) is 9.59 Å². The molecule has 37 heavy (non-hydrogen) atoms. The van der Waals surface area contributed by atoms with Crippen LogP contribution in [0.4, 0.5) is 0 Å². The lowest BCUT2D eigenvalue weighted by Gasteiger charge is -2.21. The monoisotopic (exact) mass is 524 g/mol. The molecule has 0 aromatic heterocycles. The van der Waals surface area contributed by atoms with Crippen molar-refractivity contribution in [1.29, 1.82) is 0 Å². The van der Waals surface area contributed by atoms with Crippen molar-refractivity contribution in [3.05, 3.63) is 83.4 Å². The van der Waals surface area contributed by atoms with Crippen molar-refractivity contribution in [2.24, 2.45) is 0 Å². The van der Waals surface area contributed by atoms with Crippen molar-refractivity contribution in [3.8, 4) is 23.0 Å². The van der Waals surface area contributed by atoms with Crippen LogP contribution in [0.3, 0.4) is 0 Å². The molecule has 0 saturated heterocycles. The fourth-order valence-corrected chi connectivity index (χ4v) is 6.69. The third-order valence-corrected chi connectivity index (χ3v) is 8.93. The molecule has 0 heterocycles. The Morgan fingerprint density at radius 3 is 1.43 bits per heavy atom.